The summed E-state index contributed by atoms with van der Waals surface area (Å²) in [6, 6.07) is 19.0. The monoisotopic (exact) mass is 273 g/mol. The fourth-order valence-corrected chi connectivity index (χ4v) is 2.02. The van der Waals surface area contributed by atoms with E-state index >= 15 is 0 Å². The molecule has 0 saturated carbocycles. The minimum absolute atomic E-state index is 0. The van der Waals surface area contributed by atoms with E-state index in [4.69, 9.17) is 5.73 Å². The van der Waals surface area contributed by atoms with Crippen molar-refractivity contribution >= 4 is 12.4 Å². The van der Waals surface area contributed by atoms with E-state index in [0.29, 0.717) is 0 Å². The lowest BCUT2D eigenvalue weighted by Gasteiger charge is -2.11. The third-order valence-corrected chi connectivity index (χ3v) is 3.13. The predicted octanol–water partition coefficient (Wildman–Crippen LogP) is 4.74. The number of allylic oxidation sites excluding steroid dienone is 1. The van der Waals surface area contributed by atoms with Gasteiger partial charge in [-0.3, -0.25) is 0 Å². The van der Waals surface area contributed by atoms with Crippen LogP contribution in [0.2, 0.25) is 0 Å². The van der Waals surface area contributed by atoms with Crippen LogP contribution in [0.4, 0.5) is 0 Å². The van der Waals surface area contributed by atoms with Gasteiger partial charge in [0, 0.05) is 6.04 Å². The van der Waals surface area contributed by atoms with Gasteiger partial charge in [-0.1, -0.05) is 60.7 Å². The van der Waals surface area contributed by atoms with Crippen LogP contribution in [0.5, 0.6) is 0 Å². The fraction of sp³-hybridized carbons (Fsp3) is 0.176. The molecule has 0 heterocycles. The number of hydrogen-bond donors (Lipinski definition) is 1. The molecule has 1 nitrogen and oxygen atoms in total. The standard InChI is InChI=1S/C17H19N.ClH/c1-2-3-9-17(18)16-12-10-15(11-13-16)14-7-5-4-6-8-14;/h2,4-8,10-13,17H,1,3,9,18H2;1H/t17-;/m1./s1. The van der Waals surface area contributed by atoms with Crippen molar-refractivity contribution in [3.63, 3.8) is 0 Å². The summed E-state index contributed by atoms with van der Waals surface area (Å²) in [5.74, 6) is 0. The van der Waals surface area contributed by atoms with Crippen molar-refractivity contribution in [2.75, 3.05) is 0 Å². The molecular weight excluding hydrogens is 254 g/mol. The van der Waals surface area contributed by atoms with Crippen molar-refractivity contribution in [2.24, 2.45) is 5.73 Å². The quantitative estimate of drug-likeness (QED) is 0.782. The van der Waals surface area contributed by atoms with Crippen LogP contribution in [0.15, 0.2) is 67.3 Å². The van der Waals surface area contributed by atoms with Crippen molar-refractivity contribution in [1.82, 2.24) is 0 Å². The summed E-state index contributed by atoms with van der Waals surface area (Å²) >= 11 is 0. The lowest BCUT2D eigenvalue weighted by atomic mass is 9.99. The largest absolute Gasteiger partial charge is 0.324 e. The first kappa shape index (κ1) is 15.5. The van der Waals surface area contributed by atoms with Gasteiger partial charge in [0.2, 0.25) is 0 Å². The number of hydrogen-bond acceptors (Lipinski definition) is 1. The van der Waals surface area contributed by atoms with Crippen molar-refractivity contribution in [2.45, 2.75) is 18.9 Å². The normalized spacial score (nSPS) is 11.4. The first-order chi connectivity index (χ1) is 8.81. The molecule has 0 aromatic heterocycles. The summed E-state index contributed by atoms with van der Waals surface area (Å²) < 4.78 is 0. The molecule has 100 valence electrons. The first-order valence-electron chi connectivity index (χ1n) is 6.33. The predicted molar refractivity (Wildman–Crippen MR) is 85.5 cm³/mol. The van der Waals surface area contributed by atoms with Gasteiger partial charge in [0.25, 0.3) is 0 Å². The van der Waals surface area contributed by atoms with Gasteiger partial charge < -0.3 is 5.73 Å². The molecule has 0 spiro atoms. The molecule has 0 aliphatic rings. The van der Waals surface area contributed by atoms with Gasteiger partial charge >= 0.3 is 0 Å². The molecule has 0 unspecified atom stereocenters. The molecule has 2 N–H and O–H groups in total. The lowest BCUT2D eigenvalue weighted by molar-refractivity contribution is 0.661. The summed E-state index contributed by atoms with van der Waals surface area (Å²) in [6.07, 6.45) is 3.83. The highest BCUT2D eigenvalue weighted by Gasteiger charge is 2.05. The molecule has 0 bridgehead atoms. The molecule has 0 amide bonds. The zero-order chi connectivity index (χ0) is 12.8. The van der Waals surface area contributed by atoms with Crippen LogP contribution in [-0.4, -0.2) is 0 Å². The van der Waals surface area contributed by atoms with Gasteiger partial charge in [0.05, 0.1) is 0 Å². The molecule has 2 rings (SSSR count). The van der Waals surface area contributed by atoms with Gasteiger partial charge in [-0.25, -0.2) is 0 Å². The molecule has 0 aliphatic heterocycles. The summed E-state index contributed by atoms with van der Waals surface area (Å²) in [6.45, 7) is 3.72. The van der Waals surface area contributed by atoms with Crippen molar-refractivity contribution < 1.29 is 0 Å². The molecule has 0 radical (unpaired) electrons. The summed E-state index contributed by atoms with van der Waals surface area (Å²) in [4.78, 5) is 0. The van der Waals surface area contributed by atoms with Crippen LogP contribution < -0.4 is 5.73 Å². The second-order valence-electron chi connectivity index (χ2n) is 4.46. The zero-order valence-electron chi connectivity index (χ0n) is 11.0. The number of nitrogens with two attached hydrogens (primary N) is 1. The Labute approximate surface area is 121 Å². The third kappa shape index (κ3) is 4.23. The van der Waals surface area contributed by atoms with Gasteiger partial charge in [-0.2, -0.15) is 0 Å². The average molecular weight is 274 g/mol. The van der Waals surface area contributed by atoms with E-state index in [9.17, 15) is 0 Å². The second kappa shape index (κ2) is 7.78. The summed E-state index contributed by atoms with van der Waals surface area (Å²) in [5.41, 5.74) is 9.78. The Morgan fingerprint density at radius 1 is 0.947 bits per heavy atom. The van der Waals surface area contributed by atoms with Gasteiger partial charge in [-0.15, -0.1) is 19.0 Å². The second-order valence-corrected chi connectivity index (χ2v) is 4.46. The topological polar surface area (TPSA) is 26.0 Å². The van der Waals surface area contributed by atoms with Crippen LogP contribution in [0.25, 0.3) is 11.1 Å². The SMILES string of the molecule is C=CCC[C@@H](N)c1ccc(-c2ccccc2)cc1.Cl. The highest BCUT2D eigenvalue weighted by Crippen LogP contribution is 2.22. The Hall–Kier alpha value is -1.57. The van der Waals surface area contributed by atoms with Crippen LogP contribution in [-0.2, 0) is 0 Å². The summed E-state index contributed by atoms with van der Waals surface area (Å²) in [7, 11) is 0. The molecule has 19 heavy (non-hydrogen) atoms. The maximum absolute atomic E-state index is 6.12. The van der Waals surface area contributed by atoms with Crippen LogP contribution in [0, 0.1) is 0 Å². The molecule has 2 aromatic carbocycles. The van der Waals surface area contributed by atoms with Gasteiger partial charge in [0.15, 0.2) is 0 Å². The molecule has 2 heteroatoms. The minimum Gasteiger partial charge on any atom is -0.324 e. The van der Waals surface area contributed by atoms with Gasteiger partial charge in [-0.05, 0) is 29.5 Å². The first-order valence-corrected chi connectivity index (χ1v) is 6.33. The molecule has 1 atom stereocenters. The smallest absolute Gasteiger partial charge is 0.0297 e. The Bertz CT molecular complexity index is 490. The van der Waals surface area contributed by atoms with E-state index in [2.05, 4.69) is 55.1 Å². The molecule has 0 aliphatic carbocycles. The summed E-state index contributed by atoms with van der Waals surface area (Å²) in [5, 5.41) is 0. The van der Waals surface area contributed by atoms with Crippen LogP contribution >= 0.6 is 12.4 Å². The van der Waals surface area contributed by atoms with E-state index in [1.807, 2.05) is 12.1 Å². The lowest BCUT2D eigenvalue weighted by Crippen LogP contribution is -2.09. The minimum atomic E-state index is 0. The van der Waals surface area contributed by atoms with Gasteiger partial charge in [0.1, 0.15) is 0 Å². The maximum atomic E-state index is 6.12. The number of rotatable bonds is 5. The average Bonchev–Trinajstić information content (AvgIpc) is 2.46. The van der Waals surface area contributed by atoms with Crippen LogP contribution in [0.3, 0.4) is 0 Å². The van der Waals surface area contributed by atoms with E-state index in [1.165, 1.54) is 16.7 Å². The van der Waals surface area contributed by atoms with E-state index in [-0.39, 0.29) is 18.4 Å². The highest BCUT2D eigenvalue weighted by molar-refractivity contribution is 5.85. The van der Waals surface area contributed by atoms with Crippen molar-refractivity contribution in [1.29, 1.82) is 0 Å². The van der Waals surface area contributed by atoms with E-state index < -0.39 is 0 Å². The molecule has 0 saturated heterocycles. The Balaban J connectivity index is 0.00000180. The Morgan fingerprint density at radius 2 is 1.53 bits per heavy atom. The highest BCUT2D eigenvalue weighted by atomic mass is 35.5. The zero-order valence-corrected chi connectivity index (χ0v) is 11.8. The third-order valence-electron chi connectivity index (χ3n) is 3.13. The Morgan fingerprint density at radius 3 is 2.11 bits per heavy atom. The van der Waals surface area contributed by atoms with Crippen molar-refractivity contribution in [3.8, 4) is 11.1 Å². The van der Waals surface area contributed by atoms with E-state index in [1.54, 1.807) is 0 Å². The number of halogens is 1. The number of benzene rings is 2. The van der Waals surface area contributed by atoms with E-state index in [0.717, 1.165) is 12.8 Å². The molecule has 0 fully saturated rings. The molecule has 2 aromatic rings. The molecular formula is C17H20ClN. The fourth-order valence-electron chi connectivity index (χ4n) is 2.02. The van der Waals surface area contributed by atoms with Crippen LogP contribution in [0.1, 0.15) is 24.4 Å². The van der Waals surface area contributed by atoms with Crippen molar-refractivity contribution in [3.05, 3.63) is 72.8 Å². The Kier molecular flexibility index (Phi) is 6.34. The maximum Gasteiger partial charge on any atom is 0.0297 e.